The van der Waals surface area contributed by atoms with E-state index in [-0.39, 0.29) is 29.4 Å². The molecular weight excluding hydrogens is 487 g/mol. The van der Waals surface area contributed by atoms with Gasteiger partial charge in [0, 0.05) is 56.1 Å². The number of nitrogens with one attached hydrogen (secondary N) is 1. The second-order valence-electron chi connectivity index (χ2n) is 7.80. The van der Waals surface area contributed by atoms with E-state index < -0.39 is 0 Å². The lowest BCUT2D eigenvalue weighted by molar-refractivity contribution is 0.169. The Morgan fingerprint density at radius 3 is 2.61 bits per heavy atom. The molecule has 3 rings (SSSR count). The molecule has 0 saturated carbocycles. The molecule has 7 nitrogen and oxygen atoms in total. The highest BCUT2D eigenvalue weighted by Gasteiger charge is 2.21. The Kier molecular flexibility index (Phi) is 8.69. The molecule has 1 fully saturated rings. The molecule has 1 aliphatic rings. The standard InChI is InChI=1S/C19H30N6OS.HI/c1-5-20-18(21-12-17-22-16(14-27-17)19(2,3)4)25-9-7-24(8-10-25)13-15-6-11-26-23-15;/h6,11,14H,5,7-10,12-13H2,1-4H3,(H,20,21);1H. The fourth-order valence-electron chi connectivity index (χ4n) is 2.96. The van der Waals surface area contributed by atoms with Crippen LogP contribution in [0.25, 0.3) is 0 Å². The van der Waals surface area contributed by atoms with Crippen molar-refractivity contribution in [2.24, 2.45) is 4.99 Å². The van der Waals surface area contributed by atoms with Crippen LogP contribution in [-0.4, -0.2) is 58.6 Å². The molecule has 3 heterocycles. The van der Waals surface area contributed by atoms with Crippen LogP contribution in [0, 0.1) is 0 Å². The highest BCUT2D eigenvalue weighted by molar-refractivity contribution is 14.0. The summed E-state index contributed by atoms with van der Waals surface area (Å²) < 4.78 is 4.92. The van der Waals surface area contributed by atoms with Crippen molar-refractivity contribution in [3.63, 3.8) is 0 Å². The Labute approximate surface area is 188 Å². The summed E-state index contributed by atoms with van der Waals surface area (Å²) in [6.07, 6.45) is 1.63. The van der Waals surface area contributed by atoms with Gasteiger partial charge in [-0.2, -0.15) is 0 Å². The zero-order valence-corrected chi connectivity index (χ0v) is 20.3. The molecule has 0 amide bonds. The van der Waals surface area contributed by atoms with Gasteiger partial charge in [0.25, 0.3) is 0 Å². The lowest BCUT2D eigenvalue weighted by Crippen LogP contribution is -2.52. The monoisotopic (exact) mass is 518 g/mol. The van der Waals surface area contributed by atoms with Crippen LogP contribution in [-0.2, 0) is 18.5 Å². The van der Waals surface area contributed by atoms with Gasteiger partial charge in [-0.1, -0.05) is 25.9 Å². The maximum absolute atomic E-state index is 4.92. The molecule has 0 aliphatic carbocycles. The summed E-state index contributed by atoms with van der Waals surface area (Å²) in [5.41, 5.74) is 2.22. The Hall–Kier alpha value is -1.20. The van der Waals surface area contributed by atoms with Crippen molar-refractivity contribution >= 4 is 41.3 Å². The minimum Gasteiger partial charge on any atom is -0.364 e. The summed E-state index contributed by atoms with van der Waals surface area (Å²) in [7, 11) is 0. The minimum atomic E-state index is 0. The number of rotatable bonds is 5. The van der Waals surface area contributed by atoms with Crippen LogP contribution in [0.1, 0.15) is 44.1 Å². The van der Waals surface area contributed by atoms with Crippen molar-refractivity contribution in [1.29, 1.82) is 0 Å². The van der Waals surface area contributed by atoms with E-state index >= 15 is 0 Å². The van der Waals surface area contributed by atoms with Crippen molar-refractivity contribution in [1.82, 2.24) is 25.3 Å². The van der Waals surface area contributed by atoms with E-state index in [1.165, 1.54) is 0 Å². The molecule has 2 aromatic heterocycles. The van der Waals surface area contributed by atoms with Crippen LogP contribution in [0.5, 0.6) is 0 Å². The third kappa shape index (κ3) is 6.41. The number of hydrogen-bond donors (Lipinski definition) is 1. The van der Waals surface area contributed by atoms with Gasteiger partial charge in [0.2, 0.25) is 0 Å². The van der Waals surface area contributed by atoms with Crippen LogP contribution in [0.2, 0.25) is 0 Å². The van der Waals surface area contributed by atoms with Gasteiger partial charge in [-0.3, -0.25) is 4.90 Å². The van der Waals surface area contributed by atoms with E-state index in [1.807, 2.05) is 6.07 Å². The summed E-state index contributed by atoms with van der Waals surface area (Å²) in [5.74, 6) is 0.978. The first-order valence-corrected chi connectivity index (χ1v) is 10.4. The summed E-state index contributed by atoms with van der Waals surface area (Å²) in [4.78, 5) is 14.3. The molecule has 0 radical (unpaired) electrons. The quantitative estimate of drug-likeness (QED) is 0.372. The molecule has 0 aromatic carbocycles. The Bertz CT molecular complexity index is 732. The van der Waals surface area contributed by atoms with Crippen molar-refractivity contribution in [2.45, 2.75) is 46.2 Å². The average Bonchev–Trinajstić information content (AvgIpc) is 3.31. The zero-order chi connectivity index (χ0) is 19.3. The van der Waals surface area contributed by atoms with Crippen LogP contribution < -0.4 is 5.32 Å². The van der Waals surface area contributed by atoms with Crippen molar-refractivity contribution in [3.8, 4) is 0 Å². The van der Waals surface area contributed by atoms with E-state index in [4.69, 9.17) is 14.5 Å². The van der Waals surface area contributed by atoms with Gasteiger partial charge in [0.15, 0.2) is 5.96 Å². The van der Waals surface area contributed by atoms with Crippen LogP contribution in [0.15, 0.2) is 27.2 Å². The van der Waals surface area contributed by atoms with Gasteiger partial charge in [-0.05, 0) is 6.92 Å². The molecule has 0 atom stereocenters. The minimum absolute atomic E-state index is 0. The van der Waals surface area contributed by atoms with E-state index in [2.05, 4.69) is 53.3 Å². The third-order valence-electron chi connectivity index (χ3n) is 4.57. The molecule has 0 spiro atoms. The molecule has 9 heteroatoms. The molecule has 1 saturated heterocycles. The van der Waals surface area contributed by atoms with Gasteiger partial charge in [0.05, 0.1) is 17.9 Å². The number of nitrogens with zero attached hydrogens (tertiary/aromatic N) is 5. The van der Waals surface area contributed by atoms with Gasteiger partial charge in [0.1, 0.15) is 11.3 Å². The predicted octanol–water partition coefficient (Wildman–Crippen LogP) is 3.33. The second kappa shape index (κ2) is 10.5. The number of hydrogen-bond acceptors (Lipinski definition) is 6. The molecule has 1 N–H and O–H groups in total. The summed E-state index contributed by atoms with van der Waals surface area (Å²) in [6.45, 7) is 14.9. The van der Waals surface area contributed by atoms with E-state index in [0.29, 0.717) is 6.54 Å². The molecule has 156 valence electrons. The van der Waals surface area contributed by atoms with E-state index in [1.54, 1.807) is 17.6 Å². The zero-order valence-electron chi connectivity index (χ0n) is 17.1. The first kappa shape index (κ1) is 23.1. The number of halogens is 1. The molecule has 2 aromatic rings. The highest BCUT2D eigenvalue weighted by atomic mass is 127. The van der Waals surface area contributed by atoms with Crippen molar-refractivity contribution in [3.05, 3.63) is 34.1 Å². The second-order valence-corrected chi connectivity index (χ2v) is 8.74. The van der Waals surface area contributed by atoms with Gasteiger partial charge in [-0.15, -0.1) is 35.3 Å². The van der Waals surface area contributed by atoms with Gasteiger partial charge in [-0.25, -0.2) is 9.98 Å². The van der Waals surface area contributed by atoms with Crippen LogP contribution in [0.4, 0.5) is 0 Å². The average molecular weight is 518 g/mol. The summed E-state index contributed by atoms with van der Waals surface area (Å²) >= 11 is 1.70. The first-order valence-electron chi connectivity index (χ1n) is 9.55. The number of guanidine groups is 1. The third-order valence-corrected chi connectivity index (χ3v) is 5.40. The molecule has 1 aliphatic heterocycles. The Morgan fingerprint density at radius 1 is 1.29 bits per heavy atom. The van der Waals surface area contributed by atoms with Gasteiger partial charge >= 0.3 is 0 Å². The van der Waals surface area contributed by atoms with Crippen molar-refractivity contribution < 1.29 is 4.52 Å². The number of thiazole rings is 1. The smallest absolute Gasteiger partial charge is 0.194 e. The van der Waals surface area contributed by atoms with Crippen LogP contribution >= 0.6 is 35.3 Å². The molecule has 28 heavy (non-hydrogen) atoms. The van der Waals surface area contributed by atoms with Crippen molar-refractivity contribution in [2.75, 3.05) is 32.7 Å². The summed E-state index contributed by atoms with van der Waals surface area (Å²) in [6, 6.07) is 1.93. The lowest BCUT2D eigenvalue weighted by Gasteiger charge is -2.36. The molecule has 0 bridgehead atoms. The predicted molar refractivity (Wildman–Crippen MR) is 124 cm³/mol. The maximum Gasteiger partial charge on any atom is 0.194 e. The van der Waals surface area contributed by atoms with E-state index in [0.717, 1.165) is 61.6 Å². The SMILES string of the molecule is CCNC(=NCc1nc(C(C)(C)C)cs1)N1CCN(Cc2ccon2)CC1.I. The van der Waals surface area contributed by atoms with E-state index in [9.17, 15) is 0 Å². The summed E-state index contributed by atoms with van der Waals surface area (Å²) in [5, 5.41) is 10.7. The molecule has 0 unspecified atom stereocenters. The fraction of sp³-hybridized carbons (Fsp3) is 0.632. The number of piperazine rings is 1. The fourth-order valence-corrected chi connectivity index (χ4v) is 3.91. The maximum atomic E-state index is 4.92. The van der Waals surface area contributed by atoms with Crippen LogP contribution in [0.3, 0.4) is 0 Å². The normalized spacial score (nSPS) is 16.1. The Balaban J connectivity index is 0.00000280. The topological polar surface area (TPSA) is 69.8 Å². The first-order chi connectivity index (χ1) is 13.0. The number of aliphatic imine (C=N–C) groups is 1. The van der Waals surface area contributed by atoms with Gasteiger partial charge < -0.3 is 14.7 Å². The number of aromatic nitrogens is 2. The lowest BCUT2D eigenvalue weighted by atomic mass is 9.93. The largest absolute Gasteiger partial charge is 0.364 e. The molecular formula is C19H31IN6OS. The highest BCUT2D eigenvalue weighted by Crippen LogP contribution is 2.24. The Morgan fingerprint density at radius 2 is 2.04 bits per heavy atom.